The number of phenolic OH excluding ortho intramolecular Hbond substituents is 1. The number of carbonyl (C=O) groups is 1. The second kappa shape index (κ2) is 8.87. The first-order valence-corrected chi connectivity index (χ1v) is 10.2. The van der Waals surface area contributed by atoms with Crippen LogP contribution in [0, 0.1) is 5.41 Å². The van der Waals surface area contributed by atoms with E-state index in [1.54, 1.807) is 13.2 Å². The van der Waals surface area contributed by atoms with E-state index in [1.165, 1.54) is 0 Å². The number of aromatic hydroxyl groups is 1. The Kier molecular flexibility index (Phi) is 6.48. The fourth-order valence-electron chi connectivity index (χ4n) is 4.09. The second-order valence-corrected chi connectivity index (χ2v) is 8.40. The van der Waals surface area contributed by atoms with E-state index in [-0.39, 0.29) is 11.4 Å². The number of fused-ring (bicyclic) bond motifs is 1. The summed E-state index contributed by atoms with van der Waals surface area (Å²) in [6.45, 7) is 7.91. The molecule has 0 aromatic heterocycles. The molecule has 0 aliphatic heterocycles. The molecule has 3 rings (SSSR count). The summed E-state index contributed by atoms with van der Waals surface area (Å²) in [7, 11) is 1.65. The van der Waals surface area contributed by atoms with Crippen molar-refractivity contribution in [3.63, 3.8) is 0 Å². The zero-order chi connectivity index (χ0) is 21.0. The van der Waals surface area contributed by atoms with E-state index in [1.807, 2.05) is 31.2 Å². The summed E-state index contributed by atoms with van der Waals surface area (Å²) in [5, 5.41) is 14.0. The van der Waals surface area contributed by atoms with Gasteiger partial charge in [0.2, 0.25) is 0 Å². The summed E-state index contributed by atoms with van der Waals surface area (Å²) in [6.07, 6.45) is 2.19. The van der Waals surface area contributed by atoms with E-state index >= 15 is 0 Å². The predicted molar refractivity (Wildman–Crippen MR) is 114 cm³/mol. The monoisotopic (exact) mass is 397 g/mol. The van der Waals surface area contributed by atoms with Gasteiger partial charge < -0.3 is 19.9 Å². The second-order valence-electron chi connectivity index (χ2n) is 8.40. The molecule has 0 fully saturated rings. The highest BCUT2D eigenvalue weighted by Crippen LogP contribution is 2.43. The molecule has 1 aliphatic rings. The number of phenols is 1. The van der Waals surface area contributed by atoms with Gasteiger partial charge in [-0.1, -0.05) is 26.0 Å². The number of methoxy groups -OCH3 is 1. The van der Waals surface area contributed by atoms with Crippen LogP contribution in [0.15, 0.2) is 30.3 Å². The van der Waals surface area contributed by atoms with Gasteiger partial charge in [0.05, 0.1) is 19.3 Å². The Morgan fingerprint density at radius 1 is 1.17 bits per heavy atom. The van der Waals surface area contributed by atoms with Crippen molar-refractivity contribution in [2.24, 2.45) is 5.41 Å². The van der Waals surface area contributed by atoms with E-state index in [0.29, 0.717) is 30.9 Å². The van der Waals surface area contributed by atoms with Crippen molar-refractivity contribution in [1.29, 1.82) is 0 Å². The maximum Gasteiger partial charge on any atom is 0.338 e. The number of carbonyl (C=O) groups excluding carboxylic acids is 1. The largest absolute Gasteiger partial charge is 0.508 e. The third-order valence-corrected chi connectivity index (χ3v) is 5.46. The topological polar surface area (TPSA) is 67.8 Å². The minimum atomic E-state index is -0.286. The Morgan fingerprint density at radius 2 is 1.86 bits per heavy atom. The Balaban J connectivity index is 1.74. The number of rotatable bonds is 8. The first kappa shape index (κ1) is 21.2. The molecular formula is C24H31NO4. The van der Waals surface area contributed by atoms with Crippen LogP contribution in [0.2, 0.25) is 0 Å². The predicted octanol–water partition coefficient (Wildman–Crippen LogP) is 4.03. The average Bonchev–Trinajstić information content (AvgIpc) is 3.01. The summed E-state index contributed by atoms with van der Waals surface area (Å²) >= 11 is 0. The maximum atomic E-state index is 12.7. The van der Waals surface area contributed by atoms with Gasteiger partial charge in [0.25, 0.3) is 0 Å². The quantitative estimate of drug-likeness (QED) is 0.520. The fourth-order valence-corrected chi connectivity index (χ4v) is 4.09. The molecule has 29 heavy (non-hydrogen) atoms. The summed E-state index contributed by atoms with van der Waals surface area (Å²) in [5.74, 6) is 0.847. The zero-order valence-corrected chi connectivity index (χ0v) is 17.8. The highest BCUT2D eigenvalue weighted by Gasteiger charge is 2.35. The van der Waals surface area contributed by atoms with Gasteiger partial charge in [-0.05, 0) is 78.6 Å². The molecule has 0 saturated carbocycles. The average molecular weight is 398 g/mol. The van der Waals surface area contributed by atoms with Crippen molar-refractivity contribution >= 4 is 5.97 Å². The molecule has 1 aliphatic carbocycles. The summed E-state index contributed by atoms with van der Waals surface area (Å²) in [4.78, 5) is 12.7. The van der Waals surface area contributed by atoms with Crippen molar-refractivity contribution in [1.82, 2.24) is 5.32 Å². The van der Waals surface area contributed by atoms with Crippen molar-refractivity contribution < 1.29 is 19.4 Å². The molecule has 2 N–H and O–H groups in total. The van der Waals surface area contributed by atoms with Crippen LogP contribution in [0.4, 0.5) is 0 Å². The van der Waals surface area contributed by atoms with Crippen molar-refractivity contribution in [3.8, 4) is 11.5 Å². The Morgan fingerprint density at radius 3 is 2.52 bits per heavy atom. The lowest BCUT2D eigenvalue weighted by Crippen LogP contribution is -2.19. The van der Waals surface area contributed by atoms with Gasteiger partial charge in [0.15, 0.2) is 0 Å². The highest BCUT2D eigenvalue weighted by atomic mass is 16.5. The van der Waals surface area contributed by atoms with Gasteiger partial charge in [-0.3, -0.25) is 0 Å². The Labute approximate surface area is 173 Å². The molecule has 0 amide bonds. The van der Waals surface area contributed by atoms with E-state index < -0.39 is 0 Å². The standard InChI is InChI=1S/C24H31NO4/c1-5-29-23(27)22-17(12-21(26)19-13-24(2,3)14-20(19)22)10-11-25-15-16-6-8-18(28-4)9-7-16/h6-9,12,25-26H,5,10-11,13-15H2,1-4H3. The lowest BCUT2D eigenvalue weighted by atomic mass is 9.89. The third-order valence-electron chi connectivity index (χ3n) is 5.46. The number of hydrogen-bond acceptors (Lipinski definition) is 5. The SMILES string of the molecule is CCOC(=O)c1c(CCNCc2ccc(OC)cc2)cc(O)c2c1CC(C)(C)C2. The number of esters is 1. The van der Waals surface area contributed by atoms with Gasteiger partial charge >= 0.3 is 5.97 Å². The molecule has 0 spiro atoms. The normalized spacial score (nSPS) is 14.5. The minimum absolute atomic E-state index is 0.0340. The van der Waals surface area contributed by atoms with Crippen molar-refractivity contribution in [2.75, 3.05) is 20.3 Å². The molecule has 5 heteroatoms. The van der Waals surface area contributed by atoms with E-state index in [4.69, 9.17) is 9.47 Å². The molecule has 0 unspecified atom stereocenters. The molecule has 0 atom stereocenters. The molecule has 2 aromatic rings. The molecule has 5 nitrogen and oxygen atoms in total. The summed E-state index contributed by atoms with van der Waals surface area (Å²) in [5.41, 5.74) is 4.55. The van der Waals surface area contributed by atoms with Gasteiger partial charge in [-0.25, -0.2) is 4.79 Å². The van der Waals surface area contributed by atoms with E-state index in [2.05, 4.69) is 19.2 Å². The fraction of sp³-hybridized carbons (Fsp3) is 0.458. The van der Waals surface area contributed by atoms with Crippen LogP contribution in [0.5, 0.6) is 11.5 Å². The van der Waals surface area contributed by atoms with Crippen LogP contribution in [-0.4, -0.2) is 31.3 Å². The Bertz CT molecular complexity index is 871. The molecule has 0 saturated heterocycles. The summed E-state index contributed by atoms with van der Waals surface area (Å²) < 4.78 is 10.5. The molecule has 0 bridgehead atoms. The highest BCUT2D eigenvalue weighted by molar-refractivity contribution is 5.94. The van der Waals surface area contributed by atoms with Crippen molar-refractivity contribution in [3.05, 3.63) is 58.1 Å². The number of benzene rings is 2. The molecule has 0 radical (unpaired) electrons. The van der Waals surface area contributed by atoms with Crippen LogP contribution >= 0.6 is 0 Å². The minimum Gasteiger partial charge on any atom is -0.508 e. The van der Waals surface area contributed by atoms with Crippen LogP contribution in [0.25, 0.3) is 0 Å². The molecule has 0 heterocycles. The first-order chi connectivity index (χ1) is 13.8. The van der Waals surface area contributed by atoms with E-state index in [0.717, 1.165) is 47.4 Å². The number of ether oxygens (including phenoxy) is 2. The van der Waals surface area contributed by atoms with Gasteiger partial charge in [0, 0.05) is 6.54 Å². The van der Waals surface area contributed by atoms with Crippen LogP contribution < -0.4 is 10.1 Å². The van der Waals surface area contributed by atoms with Crippen LogP contribution in [-0.2, 0) is 30.5 Å². The first-order valence-electron chi connectivity index (χ1n) is 10.2. The van der Waals surface area contributed by atoms with E-state index in [9.17, 15) is 9.90 Å². The van der Waals surface area contributed by atoms with Gasteiger partial charge in [-0.15, -0.1) is 0 Å². The van der Waals surface area contributed by atoms with Gasteiger partial charge in [0.1, 0.15) is 11.5 Å². The van der Waals surface area contributed by atoms with Crippen LogP contribution in [0.3, 0.4) is 0 Å². The molecule has 2 aromatic carbocycles. The Hall–Kier alpha value is -2.53. The molecular weight excluding hydrogens is 366 g/mol. The number of hydrogen-bond donors (Lipinski definition) is 2. The smallest absolute Gasteiger partial charge is 0.338 e. The number of nitrogens with one attached hydrogen (secondary N) is 1. The summed E-state index contributed by atoms with van der Waals surface area (Å²) in [6, 6.07) is 9.69. The van der Waals surface area contributed by atoms with Crippen molar-refractivity contribution in [2.45, 2.75) is 46.6 Å². The maximum absolute atomic E-state index is 12.7. The lowest BCUT2D eigenvalue weighted by Gasteiger charge is -2.16. The third kappa shape index (κ3) is 4.91. The zero-order valence-electron chi connectivity index (χ0n) is 17.8. The van der Waals surface area contributed by atoms with Gasteiger partial charge in [-0.2, -0.15) is 0 Å². The lowest BCUT2D eigenvalue weighted by molar-refractivity contribution is 0.0523. The molecule has 156 valence electrons. The van der Waals surface area contributed by atoms with Crippen LogP contribution in [0.1, 0.15) is 53.4 Å².